The molecule has 0 heterocycles. The monoisotopic (exact) mass is 292 g/mol. The Morgan fingerprint density at radius 3 is 2.33 bits per heavy atom. The van der Waals surface area contributed by atoms with Gasteiger partial charge in [-0.25, -0.2) is 4.79 Å². The van der Waals surface area contributed by atoms with Crippen molar-refractivity contribution < 1.29 is 19.0 Å². The van der Waals surface area contributed by atoms with Gasteiger partial charge >= 0.3 is 6.16 Å². The Balaban J connectivity index is 2.40. The minimum absolute atomic E-state index is 0.478. The van der Waals surface area contributed by atoms with E-state index in [0.717, 1.165) is 24.2 Å². The predicted octanol–water partition coefficient (Wildman–Crippen LogP) is 4.48. The number of carbonyl (C=O) groups is 1. The number of aryl methyl sites for hydroxylation is 1. The molecular formula is C17H24O4. The van der Waals surface area contributed by atoms with Crippen LogP contribution in [0.1, 0.15) is 39.7 Å². The lowest BCUT2D eigenvalue weighted by Gasteiger charge is -2.18. The van der Waals surface area contributed by atoms with Gasteiger partial charge in [0.15, 0.2) is 0 Å². The quantitative estimate of drug-likeness (QED) is 0.335. The molecule has 0 aliphatic carbocycles. The van der Waals surface area contributed by atoms with Crippen LogP contribution >= 0.6 is 0 Å². The van der Waals surface area contributed by atoms with Crippen LogP contribution < -0.4 is 4.74 Å². The van der Waals surface area contributed by atoms with Crippen LogP contribution in [0.15, 0.2) is 36.6 Å². The van der Waals surface area contributed by atoms with Crippen molar-refractivity contribution >= 4 is 6.16 Å². The third-order valence-corrected chi connectivity index (χ3v) is 2.47. The number of allylic oxidation sites excluding steroid dienone is 1. The average molecular weight is 292 g/mol. The topological polar surface area (TPSA) is 44.8 Å². The molecule has 0 unspecified atom stereocenters. The molecule has 1 aromatic carbocycles. The number of rotatable bonds is 6. The summed E-state index contributed by atoms with van der Waals surface area (Å²) in [5, 5.41) is 0. The molecule has 0 amide bonds. The summed E-state index contributed by atoms with van der Waals surface area (Å²) < 4.78 is 15.5. The van der Waals surface area contributed by atoms with Crippen molar-refractivity contribution in [2.75, 3.05) is 6.61 Å². The lowest BCUT2D eigenvalue weighted by atomic mass is 10.1. The van der Waals surface area contributed by atoms with E-state index in [9.17, 15) is 4.79 Å². The maximum absolute atomic E-state index is 11.5. The second-order valence-corrected chi connectivity index (χ2v) is 5.86. The molecule has 0 atom stereocenters. The fourth-order valence-electron chi connectivity index (χ4n) is 1.61. The first-order chi connectivity index (χ1) is 9.76. The molecule has 0 aliphatic heterocycles. The van der Waals surface area contributed by atoms with Crippen LogP contribution in [0, 0.1) is 0 Å². The molecule has 0 aromatic heterocycles. The van der Waals surface area contributed by atoms with E-state index in [2.05, 4.69) is 6.58 Å². The largest absolute Gasteiger partial charge is 0.514 e. The van der Waals surface area contributed by atoms with Gasteiger partial charge < -0.3 is 14.2 Å². The Morgan fingerprint density at radius 1 is 1.19 bits per heavy atom. The van der Waals surface area contributed by atoms with E-state index in [1.54, 1.807) is 32.9 Å². The maximum Gasteiger partial charge on any atom is 0.514 e. The summed E-state index contributed by atoms with van der Waals surface area (Å²) in [5.74, 6) is 1.21. The van der Waals surface area contributed by atoms with Gasteiger partial charge in [0.1, 0.15) is 11.4 Å². The smallest absolute Gasteiger partial charge is 0.499 e. The van der Waals surface area contributed by atoms with Crippen molar-refractivity contribution in [3.63, 3.8) is 0 Å². The number of ether oxygens (including phenoxy) is 3. The van der Waals surface area contributed by atoms with Crippen LogP contribution in [-0.4, -0.2) is 18.4 Å². The predicted molar refractivity (Wildman–Crippen MR) is 82.4 cm³/mol. The van der Waals surface area contributed by atoms with Crippen molar-refractivity contribution in [1.82, 2.24) is 0 Å². The third-order valence-electron chi connectivity index (χ3n) is 2.47. The van der Waals surface area contributed by atoms with Crippen LogP contribution in [0.3, 0.4) is 0 Å². The fraction of sp³-hybridized carbons (Fsp3) is 0.471. The molecule has 0 saturated carbocycles. The molecular weight excluding hydrogens is 268 g/mol. The van der Waals surface area contributed by atoms with Crippen LogP contribution in [0.25, 0.3) is 0 Å². The highest BCUT2D eigenvalue weighted by molar-refractivity contribution is 5.64. The summed E-state index contributed by atoms with van der Waals surface area (Å²) in [5.41, 5.74) is 0.609. The van der Waals surface area contributed by atoms with Crippen LogP contribution in [-0.2, 0) is 15.9 Å². The molecule has 1 rings (SSSR count). The Labute approximate surface area is 126 Å². The summed E-state index contributed by atoms with van der Waals surface area (Å²) in [4.78, 5) is 11.5. The first-order valence-electron chi connectivity index (χ1n) is 7.04. The van der Waals surface area contributed by atoms with Gasteiger partial charge in [0.05, 0.1) is 12.4 Å². The van der Waals surface area contributed by atoms with E-state index in [1.807, 2.05) is 19.1 Å². The highest BCUT2D eigenvalue weighted by Crippen LogP contribution is 2.16. The lowest BCUT2D eigenvalue weighted by Crippen LogP contribution is -2.25. The SMILES string of the molecule is C=C(C)OCCCc1ccc(OC(=O)OC(C)(C)C)cc1. The van der Waals surface area contributed by atoms with Crippen molar-refractivity contribution in [3.05, 3.63) is 42.2 Å². The minimum Gasteiger partial charge on any atom is -0.499 e. The summed E-state index contributed by atoms with van der Waals surface area (Å²) in [7, 11) is 0. The molecule has 0 aliphatic rings. The van der Waals surface area contributed by atoms with Gasteiger partial charge in [0.2, 0.25) is 0 Å². The highest BCUT2D eigenvalue weighted by atomic mass is 16.7. The molecule has 4 heteroatoms. The molecule has 0 bridgehead atoms. The normalized spacial score (nSPS) is 10.9. The number of hydrogen-bond donors (Lipinski definition) is 0. The minimum atomic E-state index is -0.690. The van der Waals surface area contributed by atoms with Crippen molar-refractivity contribution in [2.24, 2.45) is 0 Å². The van der Waals surface area contributed by atoms with Crippen LogP contribution in [0.2, 0.25) is 0 Å². The fourth-order valence-corrected chi connectivity index (χ4v) is 1.61. The first kappa shape index (κ1) is 17.1. The van der Waals surface area contributed by atoms with Crippen molar-refractivity contribution in [3.8, 4) is 5.75 Å². The molecule has 0 saturated heterocycles. The summed E-state index contributed by atoms with van der Waals surface area (Å²) >= 11 is 0. The van der Waals surface area contributed by atoms with Crippen LogP contribution in [0.4, 0.5) is 4.79 Å². The zero-order valence-electron chi connectivity index (χ0n) is 13.3. The molecule has 0 radical (unpaired) electrons. The molecule has 1 aromatic rings. The van der Waals surface area contributed by atoms with Crippen LogP contribution in [0.5, 0.6) is 5.75 Å². The third kappa shape index (κ3) is 8.02. The summed E-state index contributed by atoms with van der Waals surface area (Å²) in [6.07, 6.45) is 1.13. The Kier molecular flexibility index (Phi) is 6.28. The molecule has 0 fully saturated rings. The van der Waals surface area contributed by atoms with Gasteiger partial charge in [0, 0.05) is 0 Å². The van der Waals surface area contributed by atoms with Crippen molar-refractivity contribution in [2.45, 2.75) is 46.1 Å². The van der Waals surface area contributed by atoms with E-state index >= 15 is 0 Å². The lowest BCUT2D eigenvalue weighted by molar-refractivity contribution is 0.0206. The van der Waals surface area contributed by atoms with Gasteiger partial charge in [-0.05, 0) is 58.2 Å². The van der Waals surface area contributed by atoms with Crippen molar-refractivity contribution in [1.29, 1.82) is 0 Å². The zero-order valence-corrected chi connectivity index (χ0v) is 13.3. The summed E-state index contributed by atoms with van der Waals surface area (Å²) in [6, 6.07) is 7.39. The first-order valence-corrected chi connectivity index (χ1v) is 7.04. The molecule has 0 N–H and O–H groups in total. The van der Waals surface area contributed by atoms with E-state index < -0.39 is 11.8 Å². The van der Waals surface area contributed by atoms with Gasteiger partial charge in [-0.1, -0.05) is 18.7 Å². The van der Waals surface area contributed by atoms with E-state index in [4.69, 9.17) is 14.2 Å². The van der Waals surface area contributed by atoms with Gasteiger partial charge in [-0.2, -0.15) is 0 Å². The van der Waals surface area contributed by atoms with Gasteiger partial charge in [-0.3, -0.25) is 0 Å². The maximum atomic E-state index is 11.5. The van der Waals surface area contributed by atoms with E-state index in [0.29, 0.717) is 12.4 Å². The van der Waals surface area contributed by atoms with Gasteiger partial charge in [0.25, 0.3) is 0 Å². The Morgan fingerprint density at radius 2 is 1.81 bits per heavy atom. The Bertz CT molecular complexity index is 469. The molecule has 4 nitrogen and oxygen atoms in total. The second-order valence-electron chi connectivity index (χ2n) is 5.86. The highest BCUT2D eigenvalue weighted by Gasteiger charge is 2.17. The Hall–Kier alpha value is -1.97. The second kappa shape index (κ2) is 7.72. The average Bonchev–Trinajstić information content (AvgIpc) is 2.34. The number of carbonyl (C=O) groups excluding carboxylic acids is 1. The van der Waals surface area contributed by atoms with E-state index in [-0.39, 0.29) is 0 Å². The van der Waals surface area contributed by atoms with E-state index in [1.165, 1.54) is 0 Å². The standard InChI is InChI=1S/C17H24O4/c1-13(2)19-12-6-7-14-8-10-15(11-9-14)20-16(18)21-17(3,4)5/h8-11H,1,6-7,12H2,2-5H3. The number of benzene rings is 1. The molecule has 0 spiro atoms. The molecule has 116 valence electrons. The summed E-state index contributed by atoms with van der Waals surface area (Å²) in [6.45, 7) is 11.6. The molecule has 21 heavy (non-hydrogen) atoms. The zero-order chi connectivity index (χ0) is 15.9. The van der Waals surface area contributed by atoms with Gasteiger partial charge in [-0.15, -0.1) is 0 Å². The number of hydrogen-bond acceptors (Lipinski definition) is 4.